The number of hydrogen-bond acceptors (Lipinski definition) is 3. The summed E-state index contributed by atoms with van der Waals surface area (Å²) in [6.07, 6.45) is 6.58. The van der Waals surface area contributed by atoms with Gasteiger partial charge in [-0.3, -0.25) is 9.78 Å². The minimum Gasteiger partial charge on any atom is -0.305 e. The van der Waals surface area contributed by atoms with E-state index in [1.165, 1.54) is 0 Å². The summed E-state index contributed by atoms with van der Waals surface area (Å²) >= 11 is 0. The first kappa shape index (κ1) is 12.1. The van der Waals surface area contributed by atoms with E-state index in [-0.39, 0.29) is 5.56 Å². The van der Waals surface area contributed by atoms with Gasteiger partial charge in [0.15, 0.2) is 5.82 Å². The van der Waals surface area contributed by atoms with Gasteiger partial charge in [-0.15, -0.1) is 0 Å². The number of rotatable bonds is 2. The van der Waals surface area contributed by atoms with Crippen molar-refractivity contribution in [1.29, 1.82) is 0 Å². The molecule has 0 saturated heterocycles. The maximum Gasteiger partial charge on any atom is 0.254 e. The zero-order valence-corrected chi connectivity index (χ0v) is 11.1. The summed E-state index contributed by atoms with van der Waals surface area (Å²) in [5.41, 5.74) is 3.74. The second-order valence-electron chi connectivity index (χ2n) is 4.91. The third-order valence-electron chi connectivity index (χ3n) is 3.69. The van der Waals surface area contributed by atoms with E-state index >= 15 is 0 Å². The lowest BCUT2D eigenvalue weighted by atomic mass is 9.97. The van der Waals surface area contributed by atoms with E-state index in [2.05, 4.69) is 21.9 Å². The molecule has 0 aromatic carbocycles. The van der Waals surface area contributed by atoms with Crippen LogP contribution in [0.4, 0.5) is 0 Å². The van der Waals surface area contributed by atoms with Gasteiger partial charge in [0.2, 0.25) is 0 Å². The summed E-state index contributed by atoms with van der Waals surface area (Å²) in [4.78, 5) is 24.0. The van der Waals surface area contributed by atoms with Crippen LogP contribution in [0, 0.1) is 0 Å². The van der Waals surface area contributed by atoms with Crippen LogP contribution in [-0.2, 0) is 19.3 Å². The van der Waals surface area contributed by atoms with Crippen molar-refractivity contribution in [3.63, 3.8) is 0 Å². The van der Waals surface area contributed by atoms with Crippen LogP contribution in [0.5, 0.6) is 0 Å². The second-order valence-corrected chi connectivity index (χ2v) is 4.91. The Labute approximate surface area is 111 Å². The van der Waals surface area contributed by atoms with Gasteiger partial charge >= 0.3 is 0 Å². The molecule has 0 atom stereocenters. The number of H-pyrrole nitrogens is 1. The standard InChI is InChI=1S/C15H17N3O/c1-2-10-6-5-9-16-13(10)14-17-12-8-4-3-7-11(12)15(19)18-14/h5-6,9H,2-4,7-8H2,1H3,(H,17,18,19). The topological polar surface area (TPSA) is 58.6 Å². The van der Waals surface area contributed by atoms with E-state index < -0.39 is 0 Å². The van der Waals surface area contributed by atoms with Crippen LogP contribution < -0.4 is 5.56 Å². The normalized spacial score (nSPS) is 14.2. The molecule has 1 aliphatic carbocycles. The molecular formula is C15H17N3O. The molecule has 0 aliphatic heterocycles. The fraction of sp³-hybridized carbons (Fsp3) is 0.400. The van der Waals surface area contributed by atoms with Crippen molar-refractivity contribution in [2.24, 2.45) is 0 Å². The monoisotopic (exact) mass is 255 g/mol. The van der Waals surface area contributed by atoms with Gasteiger partial charge in [0, 0.05) is 11.8 Å². The van der Waals surface area contributed by atoms with Crippen LogP contribution in [0.3, 0.4) is 0 Å². The lowest BCUT2D eigenvalue weighted by molar-refractivity contribution is 0.657. The van der Waals surface area contributed by atoms with Crippen LogP contribution in [0.2, 0.25) is 0 Å². The summed E-state index contributed by atoms with van der Waals surface area (Å²) in [5.74, 6) is 0.614. The van der Waals surface area contributed by atoms with E-state index in [1.54, 1.807) is 6.20 Å². The average molecular weight is 255 g/mol. The Morgan fingerprint density at radius 2 is 2.16 bits per heavy atom. The molecule has 2 heterocycles. The largest absolute Gasteiger partial charge is 0.305 e. The zero-order chi connectivity index (χ0) is 13.2. The zero-order valence-electron chi connectivity index (χ0n) is 11.1. The van der Waals surface area contributed by atoms with Crippen molar-refractivity contribution >= 4 is 0 Å². The van der Waals surface area contributed by atoms with E-state index in [0.717, 1.165) is 54.6 Å². The highest BCUT2D eigenvalue weighted by molar-refractivity contribution is 5.55. The van der Waals surface area contributed by atoms with Gasteiger partial charge in [-0.25, -0.2) is 4.98 Å². The number of nitrogens with zero attached hydrogens (tertiary/aromatic N) is 2. The number of aryl methyl sites for hydroxylation is 2. The smallest absolute Gasteiger partial charge is 0.254 e. The fourth-order valence-corrected chi connectivity index (χ4v) is 2.65. The van der Waals surface area contributed by atoms with Crippen LogP contribution in [-0.4, -0.2) is 15.0 Å². The predicted octanol–water partition coefficient (Wildman–Crippen LogP) is 2.27. The van der Waals surface area contributed by atoms with Crippen molar-refractivity contribution in [3.8, 4) is 11.5 Å². The molecule has 1 aliphatic rings. The molecule has 2 aromatic rings. The van der Waals surface area contributed by atoms with E-state index in [9.17, 15) is 4.79 Å². The molecule has 4 heteroatoms. The lowest BCUT2D eigenvalue weighted by Gasteiger charge is -2.15. The average Bonchev–Trinajstić information content (AvgIpc) is 2.47. The Bertz CT molecular complexity index is 661. The van der Waals surface area contributed by atoms with Gasteiger partial charge in [-0.05, 0) is 43.7 Å². The van der Waals surface area contributed by atoms with Crippen LogP contribution in [0.25, 0.3) is 11.5 Å². The van der Waals surface area contributed by atoms with Gasteiger partial charge < -0.3 is 4.98 Å². The third-order valence-corrected chi connectivity index (χ3v) is 3.69. The number of fused-ring (bicyclic) bond motifs is 1. The highest BCUT2D eigenvalue weighted by Gasteiger charge is 2.17. The van der Waals surface area contributed by atoms with Gasteiger partial charge in [0.25, 0.3) is 5.56 Å². The molecule has 0 amide bonds. The first-order chi connectivity index (χ1) is 9.29. The van der Waals surface area contributed by atoms with Gasteiger partial charge in [0.1, 0.15) is 5.69 Å². The van der Waals surface area contributed by atoms with Gasteiger partial charge in [-0.1, -0.05) is 13.0 Å². The summed E-state index contributed by atoms with van der Waals surface area (Å²) in [6.45, 7) is 2.08. The molecular weight excluding hydrogens is 238 g/mol. The summed E-state index contributed by atoms with van der Waals surface area (Å²) < 4.78 is 0. The van der Waals surface area contributed by atoms with Gasteiger partial charge in [-0.2, -0.15) is 0 Å². The number of aromatic nitrogens is 3. The van der Waals surface area contributed by atoms with Crippen molar-refractivity contribution < 1.29 is 0 Å². The summed E-state index contributed by atoms with van der Waals surface area (Å²) in [5, 5.41) is 0. The van der Waals surface area contributed by atoms with E-state index in [1.807, 2.05) is 12.1 Å². The molecule has 0 fully saturated rings. The highest BCUT2D eigenvalue weighted by atomic mass is 16.1. The van der Waals surface area contributed by atoms with Crippen LogP contribution >= 0.6 is 0 Å². The van der Waals surface area contributed by atoms with Crippen molar-refractivity contribution in [2.75, 3.05) is 0 Å². The Balaban J connectivity index is 2.16. The van der Waals surface area contributed by atoms with E-state index in [4.69, 9.17) is 0 Å². The molecule has 19 heavy (non-hydrogen) atoms. The quantitative estimate of drug-likeness (QED) is 0.895. The molecule has 0 saturated carbocycles. The Kier molecular flexibility index (Phi) is 3.15. The molecule has 1 N–H and O–H groups in total. The number of aromatic amines is 1. The van der Waals surface area contributed by atoms with Crippen LogP contribution in [0.15, 0.2) is 23.1 Å². The third kappa shape index (κ3) is 2.18. The molecule has 4 nitrogen and oxygen atoms in total. The minimum atomic E-state index is 0.00686. The first-order valence-corrected chi connectivity index (χ1v) is 6.86. The molecule has 98 valence electrons. The highest BCUT2D eigenvalue weighted by Crippen LogP contribution is 2.21. The summed E-state index contributed by atoms with van der Waals surface area (Å²) in [7, 11) is 0. The summed E-state index contributed by atoms with van der Waals surface area (Å²) in [6, 6.07) is 3.95. The van der Waals surface area contributed by atoms with Crippen LogP contribution in [0.1, 0.15) is 36.6 Å². The molecule has 2 aromatic heterocycles. The Hall–Kier alpha value is -1.97. The van der Waals surface area contributed by atoms with E-state index in [0.29, 0.717) is 5.82 Å². The maximum absolute atomic E-state index is 12.1. The number of nitrogens with one attached hydrogen (secondary N) is 1. The van der Waals surface area contributed by atoms with Crippen molar-refractivity contribution in [1.82, 2.24) is 15.0 Å². The number of hydrogen-bond donors (Lipinski definition) is 1. The molecule has 0 radical (unpaired) electrons. The molecule has 0 bridgehead atoms. The predicted molar refractivity (Wildman–Crippen MR) is 74.1 cm³/mol. The maximum atomic E-state index is 12.1. The van der Waals surface area contributed by atoms with Crippen molar-refractivity contribution in [3.05, 3.63) is 45.5 Å². The molecule has 0 unspecified atom stereocenters. The Morgan fingerprint density at radius 1 is 1.32 bits per heavy atom. The number of pyridine rings is 1. The first-order valence-electron chi connectivity index (χ1n) is 6.86. The fourth-order valence-electron chi connectivity index (χ4n) is 2.65. The Morgan fingerprint density at radius 3 is 3.00 bits per heavy atom. The SMILES string of the molecule is CCc1cccnc1-c1nc2c(c(=O)[nH]1)CCCC2. The molecule has 3 rings (SSSR count). The second kappa shape index (κ2) is 4.96. The van der Waals surface area contributed by atoms with Crippen molar-refractivity contribution in [2.45, 2.75) is 39.0 Å². The minimum absolute atomic E-state index is 0.00686. The molecule has 0 spiro atoms. The van der Waals surface area contributed by atoms with Gasteiger partial charge in [0.05, 0.1) is 5.69 Å². The lowest BCUT2D eigenvalue weighted by Crippen LogP contribution is -2.22.